The smallest absolute Gasteiger partial charge is 0.223 e. The number of piperazine rings is 2. The number of benzene rings is 5. The van der Waals surface area contributed by atoms with E-state index in [0.29, 0.717) is 125 Å². The van der Waals surface area contributed by atoms with Gasteiger partial charge in [-0.1, -0.05) is 92.0 Å². The Morgan fingerprint density at radius 3 is 1.51 bits per heavy atom. The molecule has 0 spiro atoms. The number of phenolic OH excluding ortho intramolecular Hbond substituents is 1. The lowest BCUT2D eigenvalue weighted by Crippen LogP contribution is -2.48. The lowest BCUT2D eigenvalue weighted by atomic mass is 10.1. The number of halogens is 2. The van der Waals surface area contributed by atoms with Gasteiger partial charge in [-0.2, -0.15) is 0 Å². The van der Waals surface area contributed by atoms with Crippen LogP contribution < -0.4 is 33.5 Å². The molecule has 8 rings (SSSR count). The van der Waals surface area contributed by atoms with Crippen molar-refractivity contribution < 1.29 is 47.9 Å². The van der Waals surface area contributed by atoms with Gasteiger partial charge in [0.15, 0.2) is 28.8 Å². The second-order valence-electron chi connectivity index (χ2n) is 18.6. The molecule has 3 heterocycles. The second-order valence-corrected chi connectivity index (χ2v) is 19.5. The van der Waals surface area contributed by atoms with Gasteiger partial charge in [-0.15, -0.1) is 0 Å². The van der Waals surface area contributed by atoms with E-state index in [4.69, 9.17) is 56.4 Å². The first-order chi connectivity index (χ1) is 37.4. The average Bonchev–Trinajstić information content (AvgIpc) is 3.86. The molecule has 408 valence electrons. The van der Waals surface area contributed by atoms with E-state index in [1.54, 1.807) is 48.6 Å². The second kappa shape index (κ2) is 28.9. The van der Waals surface area contributed by atoms with Gasteiger partial charge in [0.05, 0.1) is 11.6 Å². The summed E-state index contributed by atoms with van der Waals surface area (Å²) in [4.78, 5) is 34.1. The Bertz CT molecular complexity index is 2760. The quantitative estimate of drug-likeness (QED) is 0.0590. The Labute approximate surface area is 463 Å². The number of aryl methyl sites for hydroxylation is 2. The van der Waals surface area contributed by atoms with Crippen molar-refractivity contribution in [2.75, 3.05) is 102 Å². The SMILES string of the molecule is C=CCOc1ccc(CCC(=O)N2CCN(c3ccc(O)cc3)CC2)cc1OCC=C.C=CCOc1ccc(CCC(=O)N2CCN(c3ccc(OCC4CO[C@](C)(c5ccc(Cl)cc5Cl)O4)cc3)CC2)cc1OCC=C. The van der Waals surface area contributed by atoms with Crippen molar-refractivity contribution >= 4 is 46.4 Å². The highest BCUT2D eigenvalue weighted by Crippen LogP contribution is 2.39. The van der Waals surface area contributed by atoms with Crippen molar-refractivity contribution in [3.8, 4) is 34.5 Å². The first kappa shape index (κ1) is 57.6. The molecule has 14 nitrogen and oxygen atoms in total. The molecule has 3 aliphatic heterocycles. The van der Waals surface area contributed by atoms with Crippen LogP contribution in [0.25, 0.3) is 0 Å². The number of amides is 2. The summed E-state index contributed by atoms with van der Waals surface area (Å²) in [7, 11) is 0. The summed E-state index contributed by atoms with van der Waals surface area (Å²) in [5.74, 6) is 2.94. The topological polar surface area (TPSA) is 132 Å². The maximum atomic E-state index is 13.0. The summed E-state index contributed by atoms with van der Waals surface area (Å²) in [5, 5.41) is 10.5. The van der Waals surface area contributed by atoms with Crippen molar-refractivity contribution in [2.24, 2.45) is 0 Å². The molecule has 0 bridgehead atoms. The minimum atomic E-state index is -0.959. The lowest BCUT2D eigenvalue weighted by molar-refractivity contribution is -0.164. The fraction of sp³-hybridized carbons (Fsp3) is 0.344. The first-order valence-corrected chi connectivity index (χ1v) is 26.7. The summed E-state index contributed by atoms with van der Waals surface area (Å²) in [6.45, 7) is 24.7. The summed E-state index contributed by atoms with van der Waals surface area (Å²) in [5.41, 5.74) is 4.94. The predicted molar refractivity (Wildman–Crippen MR) is 305 cm³/mol. The van der Waals surface area contributed by atoms with Crippen molar-refractivity contribution in [1.82, 2.24) is 9.80 Å². The molecule has 2 atom stereocenters. The minimum absolute atomic E-state index is 0.150. The van der Waals surface area contributed by atoms with Crippen molar-refractivity contribution in [2.45, 2.75) is 44.5 Å². The third kappa shape index (κ3) is 16.7. The van der Waals surface area contributed by atoms with Crippen LogP contribution in [-0.2, 0) is 37.7 Å². The zero-order valence-electron chi connectivity index (χ0n) is 43.9. The normalized spacial score (nSPS) is 17.1. The molecule has 3 saturated heterocycles. The Morgan fingerprint density at radius 2 is 1.05 bits per heavy atom. The fourth-order valence-corrected chi connectivity index (χ4v) is 9.63. The van der Waals surface area contributed by atoms with E-state index in [2.05, 4.69) is 36.1 Å². The molecule has 77 heavy (non-hydrogen) atoms. The highest BCUT2D eigenvalue weighted by atomic mass is 35.5. The third-order valence-electron chi connectivity index (χ3n) is 13.2. The van der Waals surface area contributed by atoms with Crippen LogP contribution in [0.2, 0.25) is 10.0 Å². The van der Waals surface area contributed by atoms with E-state index >= 15 is 0 Å². The van der Waals surface area contributed by atoms with Gasteiger partial charge in [0.25, 0.3) is 0 Å². The first-order valence-electron chi connectivity index (χ1n) is 25.9. The van der Waals surface area contributed by atoms with Crippen LogP contribution >= 0.6 is 23.2 Å². The highest BCUT2D eigenvalue weighted by Gasteiger charge is 2.40. The van der Waals surface area contributed by atoms with Crippen LogP contribution in [-0.4, -0.2) is 125 Å². The predicted octanol–water partition coefficient (Wildman–Crippen LogP) is 10.9. The Morgan fingerprint density at radius 1 is 0.597 bits per heavy atom. The van der Waals surface area contributed by atoms with Crippen LogP contribution in [0.4, 0.5) is 11.4 Å². The molecular formula is C61H70Cl2N4O10. The molecule has 0 aliphatic carbocycles. The molecular weight excluding hydrogens is 1020 g/mol. The number of phenols is 1. The lowest BCUT2D eigenvalue weighted by Gasteiger charge is -2.36. The number of aromatic hydroxyl groups is 1. The van der Waals surface area contributed by atoms with E-state index in [1.807, 2.05) is 95.6 Å². The van der Waals surface area contributed by atoms with Gasteiger partial charge in [0.1, 0.15) is 50.6 Å². The van der Waals surface area contributed by atoms with E-state index < -0.39 is 5.79 Å². The van der Waals surface area contributed by atoms with Gasteiger partial charge in [0, 0.05) is 87.2 Å². The Hall–Kier alpha value is -7.10. The van der Waals surface area contributed by atoms with E-state index in [-0.39, 0.29) is 23.7 Å². The van der Waals surface area contributed by atoms with Crippen LogP contribution in [0, 0.1) is 0 Å². The van der Waals surface area contributed by atoms with E-state index in [9.17, 15) is 14.7 Å². The van der Waals surface area contributed by atoms with Crippen molar-refractivity contribution in [1.29, 1.82) is 0 Å². The molecule has 0 aromatic heterocycles. The molecule has 5 aromatic carbocycles. The van der Waals surface area contributed by atoms with Crippen molar-refractivity contribution in [3.05, 3.63) is 180 Å². The number of hydrogen-bond donors (Lipinski definition) is 1. The summed E-state index contributed by atoms with van der Waals surface area (Å²) >= 11 is 12.4. The molecule has 0 radical (unpaired) electrons. The van der Waals surface area contributed by atoms with E-state index in [0.717, 1.165) is 60.0 Å². The maximum Gasteiger partial charge on any atom is 0.223 e. The number of ether oxygens (including phenoxy) is 7. The number of rotatable bonds is 24. The number of hydrogen-bond acceptors (Lipinski definition) is 12. The minimum Gasteiger partial charge on any atom is -0.508 e. The monoisotopic (exact) mass is 1090 g/mol. The number of nitrogens with zero attached hydrogens (tertiary/aromatic N) is 4. The van der Waals surface area contributed by atoms with Gasteiger partial charge in [-0.25, -0.2) is 0 Å². The average molecular weight is 1090 g/mol. The van der Waals surface area contributed by atoms with Gasteiger partial charge in [0.2, 0.25) is 11.8 Å². The number of carbonyl (C=O) groups excluding carboxylic acids is 2. The number of carbonyl (C=O) groups is 2. The zero-order chi connectivity index (χ0) is 54.6. The molecule has 2 amide bonds. The van der Waals surface area contributed by atoms with Crippen molar-refractivity contribution in [3.63, 3.8) is 0 Å². The number of anilines is 2. The standard InChI is InChI=1S/C36H40Cl2N2O6.C25H30N2O4/c1-4-20-42-33-14-6-26(22-34(33)43-21-5-2)7-15-35(41)40-18-16-39(17-19-40)28-9-11-29(12-10-28)44-24-30-25-45-36(3,46-30)31-13-8-27(37)23-32(31)38;1-3-17-30-23-11-5-20(19-24(23)31-18-4-2)6-12-25(29)27-15-13-26(14-16-27)21-7-9-22(28)10-8-21/h4-6,8-14,22-23,30H,1-2,7,15-21,24-25H2,3H3;3-5,7-11,19,28H,1-2,6,12-18H2/t30?,36-;/m0./s1. The van der Waals surface area contributed by atoms with Gasteiger partial charge in [-0.05, 0) is 116 Å². The van der Waals surface area contributed by atoms with Crippen LogP contribution in [0.15, 0.2) is 154 Å². The van der Waals surface area contributed by atoms with Crippen LogP contribution in [0.1, 0.15) is 36.5 Å². The summed E-state index contributed by atoms with van der Waals surface area (Å²) in [6.07, 6.45) is 8.65. The molecule has 5 aromatic rings. The third-order valence-corrected chi connectivity index (χ3v) is 13.7. The van der Waals surface area contributed by atoms with Crippen LogP contribution in [0.5, 0.6) is 34.5 Å². The van der Waals surface area contributed by atoms with Gasteiger partial charge < -0.3 is 57.9 Å². The molecule has 3 fully saturated rings. The molecule has 1 N–H and O–H groups in total. The molecule has 16 heteroatoms. The Balaban J connectivity index is 0.000000242. The Kier molecular flexibility index (Phi) is 21.6. The fourth-order valence-electron chi connectivity index (χ4n) is 9.05. The largest absolute Gasteiger partial charge is 0.508 e. The van der Waals surface area contributed by atoms with Crippen LogP contribution in [0.3, 0.4) is 0 Å². The van der Waals surface area contributed by atoms with E-state index in [1.165, 1.54) is 0 Å². The van der Waals surface area contributed by atoms with Gasteiger partial charge in [-0.3, -0.25) is 9.59 Å². The highest BCUT2D eigenvalue weighted by molar-refractivity contribution is 6.35. The molecule has 1 unspecified atom stereocenters. The summed E-state index contributed by atoms with van der Waals surface area (Å²) in [6, 6.07) is 32.0. The molecule has 0 saturated carbocycles. The molecule has 3 aliphatic rings. The zero-order valence-corrected chi connectivity index (χ0v) is 45.4. The maximum absolute atomic E-state index is 13.0. The summed E-state index contributed by atoms with van der Waals surface area (Å²) < 4.78 is 41.0. The van der Waals surface area contributed by atoms with Gasteiger partial charge >= 0.3 is 0 Å².